The van der Waals surface area contributed by atoms with Crippen molar-refractivity contribution in [2.45, 2.75) is 51.6 Å². The fourth-order valence-electron chi connectivity index (χ4n) is 2.88. The Bertz CT molecular complexity index is 722. The van der Waals surface area contributed by atoms with Crippen molar-refractivity contribution in [1.82, 2.24) is 16.0 Å². The summed E-state index contributed by atoms with van der Waals surface area (Å²) in [5.74, 6) is -2.46. The molecule has 0 unspecified atom stereocenters. The summed E-state index contributed by atoms with van der Waals surface area (Å²) < 4.78 is 0. The number of hydrogen-bond donors (Lipinski definition) is 5. The van der Waals surface area contributed by atoms with Crippen molar-refractivity contribution < 1.29 is 19.2 Å². The molecule has 1 aromatic carbocycles. The summed E-state index contributed by atoms with van der Waals surface area (Å²) in [6, 6.07) is 8.31. The molecule has 0 aliphatic rings. The highest BCUT2D eigenvalue weighted by Gasteiger charge is 2.28. The Morgan fingerprint density at radius 3 is 2.18 bits per heavy atom. The van der Waals surface area contributed by atoms with Crippen LogP contribution in [0.1, 0.15) is 44.6 Å². The molecule has 3 amide bonds. The molecule has 0 fully saturated rings. The molecule has 0 radical (unpaired) electrons. The van der Waals surface area contributed by atoms with Gasteiger partial charge >= 0.3 is 0 Å². The van der Waals surface area contributed by atoms with E-state index in [-0.39, 0.29) is 49.6 Å². The molecule has 33 heavy (non-hydrogen) atoms. The predicted molar refractivity (Wildman–Crippen MR) is 133 cm³/mol. The van der Waals surface area contributed by atoms with Gasteiger partial charge in [0.05, 0.1) is 6.04 Å². The highest BCUT2D eigenvalue weighted by molar-refractivity contribution is 6.38. The van der Waals surface area contributed by atoms with E-state index in [1.807, 2.05) is 30.3 Å². The van der Waals surface area contributed by atoms with Crippen LogP contribution in [0.25, 0.3) is 0 Å². The van der Waals surface area contributed by atoms with Gasteiger partial charge in [-0.25, -0.2) is 0 Å². The SMILES string of the molecule is C[C@@H](CCC(=O)NCCN)C(=O)N[C@@H](CCCCN)C(=O)C(=O)NCc1ccccc1.Cl.Cl. The molecule has 0 aromatic heterocycles. The van der Waals surface area contributed by atoms with Crippen LogP contribution in [0.2, 0.25) is 0 Å². The van der Waals surface area contributed by atoms with Crippen LogP contribution in [0.15, 0.2) is 30.3 Å². The molecule has 2 atom stereocenters. The largest absolute Gasteiger partial charge is 0.355 e. The van der Waals surface area contributed by atoms with E-state index >= 15 is 0 Å². The number of hydrogen-bond acceptors (Lipinski definition) is 6. The van der Waals surface area contributed by atoms with E-state index in [0.29, 0.717) is 45.3 Å². The summed E-state index contributed by atoms with van der Waals surface area (Å²) in [7, 11) is 0. The lowest BCUT2D eigenvalue weighted by molar-refractivity contribution is -0.140. The number of nitrogens with two attached hydrogens (primary N) is 2. The molecule has 0 heterocycles. The third kappa shape index (κ3) is 13.8. The number of benzene rings is 1. The van der Waals surface area contributed by atoms with Crippen LogP contribution in [0.3, 0.4) is 0 Å². The summed E-state index contributed by atoms with van der Waals surface area (Å²) >= 11 is 0. The van der Waals surface area contributed by atoms with Gasteiger partial charge in [-0.1, -0.05) is 37.3 Å². The Morgan fingerprint density at radius 1 is 0.909 bits per heavy atom. The van der Waals surface area contributed by atoms with E-state index in [2.05, 4.69) is 16.0 Å². The van der Waals surface area contributed by atoms with Crippen molar-refractivity contribution in [1.29, 1.82) is 0 Å². The van der Waals surface area contributed by atoms with E-state index in [4.69, 9.17) is 11.5 Å². The molecule has 1 rings (SSSR count). The minimum absolute atomic E-state index is 0. The molecular weight excluding hydrogens is 469 g/mol. The van der Waals surface area contributed by atoms with Gasteiger partial charge in [0.15, 0.2) is 0 Å². The Balaban J connectivity index is 0. The number of halogens is 2. The average Bonchev–Trinajstić information content (AvgIpc) is 2.79. The van der Waals surface area contributed by atoms with Gasteiger partial charge in [-0.15, -0.1) is 24.8 Å². The van der Waals surface area contributed by atoms with Gasteiger partial charge < -0.3 is 27.4 Å². The first kappa shape index (κ1) is 33.0. The lowest BCUT2D eigenvalue weighted by atomic mass is 10.0. The van der Waals surface area contributed by atoms with E-state index in [1.165, 1.54) is 0 Å². The smallest absolute Gasteiger partial charge is 0.289 e. The first-order valence-electron chi connectivity index (χ1n) is 10.7. The van der Waals surface area contributed by atoms with Crippen LogP contribution < -0.4 is 27.4 Å². The quantitative estimate of drug-likeness (QED) is 0.175. The van der Waals surface area contributed by atoms with Gasteiger partial charge in [0, 0.05) is 32.0 Å². The molecule has 9 nitrogen and oxygen atoms in total. The first-order chi connectivity index (χ1) is 14.9. The predicted octanol–water partition coefficient (Wildman–Crippen LogP) is 0.821. The first-order valence-corrected chi connectivity index (χ1v) is 10.7. The number of carbonyl (C=O) groups is 4. The molecule has 0 bridgehead atoms. The van der Waals surface area contributed by atoms with Crippen molar-refractivity contribution in [3.05, 3.63) is 35.9 Å². The standard InChI is InChI=1S/C22H35N5O4.2ClH/c1-16(10-11-19(28)25-14-13-24)21(30)27-18(9-5-6-12-23)20(29)22(31)26-15-17-7-3-2-4-8-17;;/h2-4,7-8,16,18H,5-6,9-15,23-24H2,1H3,(H,25,28)(H,26,31)(H,27,30);2*1H/t16-,18-;;/m0../s1. The zero-order valence-electron chi connectivity index (χ0n) is 19.0. The van der Waals surface area contributed by atoms with Crippen LogP contribution in [0, 0.1) is 5.92 Å². The Morgan fingerprint density at radius 2 is 1.58 bits per heavy atom. The maximum Gasteiger partial charge on any atom is 0.289 e. The fraction of sp³-hybridized carbons (Fsp3) is 0.545. The lowest BCUT2D eigenvalue weighted by Gasteiger charge is -2.20. The molecule has 0 aliphatic heterocycles. The lowest BCUT2D eigenvalue weighted by Crippen LogP contribution is -2.48. The number of rotatable bonds is 15. The van der Waals surface area contributed by atoms with Gasteiger partial charge in [-0.05, 0) is 37.8 Å². The summed E-state index contributed by atoms with van der Waals surface area (Å²) in [5, 5.41) is 7.93. The summed E-state index contributed by atoms with van der Waals surface area (Å²) in [6.07, 6.45) is 2.12. The number of unbranched alkanes of at least 4 members (excludes halogenated alkanes) is 1. The zero-order valence-corrected chi connectivity index (χ0v) is 20.6. The second-order valence-corrected chi connectivity index (χ2v) is 7.46. The number of ketones is 1. The van der Waals surface area contributed by atoms with Gasteiger partial charge in [0.25, 0.3) is 5.91 Å². The number of Topliss-reactive ketones (excluding diaryl/α,β-unsaturated/α-hetero) is 1. The van der Waals surface area contributed by atoms with Crippen molar-refractivity contribution in [2.75, 3.05) is 19.6 Å². The minimum Gasteiger partial charge on any atom is -0.355 e. The Hall–Kier alpha value is -2.20. The van der Waals surface area contributed by atoms with Gasteiger partial charge in [-0.3, -0.25) is 19.2 Å². The maximum atomic E-state index is 12.7. The van der Waals surface area contributed by atoms with Crippen LogP contribution in [0.4, 0.5) is 0 Å². The Labute approximate surface area is 208 Å². The van der Waals surface area contributed by atoms with E-state index in [9.17, 15) is 19.2 Å². The van der Waals surface area contributed by atoms with Gasteiger partial charge in [0.2, 0.25) is 17.6 Å². The van der Waals surface area contributed by atoms with E-state index in [0.717, 1.165) is 5.56 Å². The molecule has 0 saturated carbocycles. The third-order valence-electron chi connectivity index (χ3n) is 4.82. The van der Waals surface area contributed by atoms with Crippen LogP contribution >= 0.6 is 24.8 Å². The molecule has 11 heteroatoms. The summed E-state index contributed by atoms with van der Waals surface area (Å²) in [4.78, 5) is 49.3. The maximum absolute atomic E-state index is 12.7. The second kappa shape index (κ2) is 19.3. The van der Waals surface area contributed by atoms with Crippen LogP contribution in [-0.4, -0.2) is 49.2 Å². The fourth-order valence-corrected chi connectivity index (χ4v) is 2.88. The highest BCUT2D eigenvalue weighted by Crippen LogP contribution is 2.09. The van der Waals surface area contributed by atoms with Gasteiger partial charge in [0.1, 0.15) is 0 Å². The topological polar surface area (TPSA) is 156 Å². The van der Waals surface area contributed by atoms with E-state index in [1.54, 1.807) is 6.92 Å². The van der Waals surface area contributed by atoms with Crippen molar-refractivity contribution in [3.63, 3.8) is 0 Å². The number of amides is 3. The normalized spacial score (nSPS) is 11.7. The molecule has 188 valence electrons. The number of carbonyl (C=O) groups excluding carboxylic acids is 4. The molecule has 7 N–H and O–H groups in total. The second-order valence-electron chi connectivity index (χ2n) is 7.46. The summed E-state index contributed by atoms with van der Waals surface area (Å²) in [5.41, 5.74) is 11.7. The molecular formula is C22H37Cl2N5O4. The zero-order chi connectivity index (χ0) is 23.1. The van der Waals surface area contributed by atoms with Crippen molar-refractivity contribution >= 4 is 48.3 Å². The van der Waals surface area contributed by atoms with Crippen molar-refractivity contribution in [2.24, 2.45) is 17.4 Å². The van der Waals surface area contributed by atoms with Crippen LogP contribution in [0.5, 0.6) is 0 Å². The number of nitrogens with one attached hydrogen (secondary N) is 3. The summed E-state index contributed by atoms with van der Waals surface area (Å²) in [6.45, 7) is 3.10. The monoisotopic (exact) mass is 505 g/mol. The van der Waals surface area contributed by atoms with Crippen molar-refractivity contribution in [3.8, 4) is 0 Å². The van der Waals surface area contributed by atoms with Gasteiger partial charge in [-0.2, -0.15) is 0 Å². The Kier molecular flexibility index (Phi) is 19.3. The average molecular weight is 506 g/mol. The highest BCUT2D eigenvalue weighted by atomic mass is 35.5. The van der Waals surface area contributed by atoms with E-state index < -0.39 is 23.7 Å². The molecule has 0 spiro atoms. The minimum atomic E-state index is -0.927. The molecule has 1 aromatic rings. The van der Waals surface area contributed by atoms with Crippen LogP contribution in [-0.2, 0) is 25.7 Å². The molecule has 0 aliphatic carbocycles. The third-order valence-corrected chi connectivity index (χ3v) is 4.82. The molecule has 0 saturated heterocycles.